The lowest BCUT2D eigenvalue weighted by Gasteiger charge is -2.32. The Balaban J connectivity index is 1.63. The molecule has 0 saturated carbocycles. The minimum atomic E-state index is -0.615. The van der Waals surface area contributed by atoms with Crippen LogP contribution in [-0.2, 0) is 27.3 Å². The molecule has 1 aliphatic rings. The maximum Gasteiger partial charge on any atom is 0.309 e. The van der Waals surface area contributed by atoms with Crippen LogP contribution < -0.4 is 15.5 Å². The maximum atomic E-state index is 12.1. The van der Waals surface area contributed by atoms with E-state index in [1.165, 1.54) is 20.9 Å². The fraction of sp³-hybridized carbons (Fsp3) is 0.400. The van der Waals surface area contributed by atoms with Crippen molar-refractivity contribution >= 4 is 23.2 Å². The molecule has 1 aromatic carbocycles. The van der Waals surface area contributed by atoms with Crippen LogP contribution in [0.5, 0.6) is 0 Å². The van der Waals surface area contributed by atoms with Gasteiger partial charge in [0.1, 0.15) is 12.6 Å². The number of fused-ring (bicyclic) bond motifs is 1. The van der Waals surface area contributed by atoms with Crippen LogP contribution in [0.2, 0.25) is 0 Å². The summed E-state index contributed by atoms with van der Waals surface area (Å²) in [6.45, 7) is 3.08. The first-order valence-electron chi connectivity index (χ1n) is 9.18. The van der Waals surface area contributed by atoms with E-state index in [1.54, 1.807) is 18.4 Å². The molecule has 6 nitrogen and oxygen atoms in total. The lowest BCUT2D eigenvalue weighted by Crippen LogP contribution is -3.12. The first kappa shape index (κ1) is 19.5. The third kappa shape index (κ3) is 5.15. The zero-order chi connectivity index (χ0) is 19.1. The molecule has 1 aliphatic heterocycles. The fourth-order valence-electron chi connectivity index (χ4n) is 3.46. The van der Waals surface area contributed by atoms with Gasteiger partial charge in [-0.15, -0.1) is 11.3 Å². The van der Waals surface area contributed by atoms with E-state index in [2.05, 4.69) is 46.3 Å². The second-order valence-corrected chi connectivity index (χ2v) is 7.61. The number of carbonyl (C=O) groups excluding carboxylic acids is 2. The minimum absolute atomic E-state index is 0.133. The van der Waals surface area contributed by atoms with Gasteiger partial charge in [0, 0.05) is 25.6 Å². The summed E-state index contributed by atoms with van der Waals surface area (Å²) < 4.78 is 4.88. The Hall–Kier alpha value is -2.22. The van der Waals surface area contributed by atoms with Gasteiger partial charge in [-0.1, -0.05) is 30.3 Å². The highest BCUT2D eigenvalue weighted by atomic mass is 32.1. The molecule has 2 aromatic rings. The van der Waals surface area contributed by atoms with Gasteiger partial charge in [-0.25, -0.2) is 0 Å². The summed E-state index contributed by atoms with van der Waals surface area (Å²) in [5.41, 5.74) is 2.77. The lowest BCUT2D eigenvalue weighted by molar-refractivity contribution is -0.945. The van der Waals surface area contributed by atoms with Crippen molar-refractivity contribution in [2.45, 2.75) is 19.0 Å². The predicted molar refractivity (Wildman–Crippen MR) is 105 cm³/mol. The van der Waals surface area contributed by atoms with Gasteiger partial charge in [0.15, 0.2) is 0 Å². The number of carbonyl (C=O) groups is 2. The highest BCUT2D eigenvalue weighted by Gasteiger charge is 2.30. The summed E-state index contributed by atoms with van der Waals surface area (Å²) in [6.07, 6.45) is 1.03. The summed E-state index contributed by atoms with van der Waals surface area (Å²) in [4.78, 5) is 26.6. The van der Waals surface area contributed by atoms with E-state index in [-0.39, 0.29) is 6.04 Å². The van der Waals surface area contributed by atoms with Crippen molar-refractivity contribution in [1.29, 1.82) is 0 Å². The molecule has 1 unspecified atom stereocenters. The van der Waals surface area contributed by atoms with Crippen LogP contribution in [-0.4, -0.2) is 45.2 Å². The molecule has 2 amide bonds. The quantitative estimate of drug-likeness (QED) is 0.472. The van der Waals surface area contributed by atoms with Crippen LogP contribution in [0.3, 0.4) is 0 Å². The molecule has 27 heavy (non-hydrogen) atoms. The van der Waals surface area contributed by atoms with Crippen molar-refractivity contribution in [2.24, 2.45) is 0 Å². The first-order valence-corrected chi connectivity index (χ1v) is 10.1. The monoisotopic (exact) mass is 388 g/mol. The second-order valence-electron chi connectivity index (χ2n) is 6.63. The number of rotatable bonds is 7. The van der Waals surface area contributed by atoms with Gasteiger partial charge < -0.3 is 20.3 Å². The molecule has 144 valence electrons. The van der Waals surface area contributed by atoms with Crippen LogP contribution in [0.1, 0.15) is 22.0 Å². The van der Waals surface area contributed by atoms with Gasteiger partial charge in [-0.05, 0) is 17.0 Å². The first-order chi connectivity index (χ1) is 13.2. The minimum Gasteiger partial charge on any atom is -0.383 e. The third-order valence-corrected chi connectivity index (χ3v) is 5.88. The van der Waals surface area contributed by atoms with Gasteiger partial charge in [0.2, 0.25) is 0 Å². The van der Waals surface area contributed by atoms with Crippen LogP contribution in [0.15, 0.2) is 41.8 Å². The summed E-state index contributed by atoms with van der Waals surface area (Å²) in [6, 6.07) is 12.8. The number of nitrogens with one attached hydrogen (secondary N) is 3. The van der Waals surface area contributed by atoms with Crippen LogP contribution in [0, 0.1) is 0 Å². The van der Waals surface area contributed by atoms with Crippen LogP contribution >= 0.6 is 11.3 Å². The number of hydrogen-bond donors (Lipinski definition) is 3. The second kappa shape index (κ2) is 9.64. The normalized spacial score (nSPS) is 17.0. The van der Waals surface area contributed by atoms with Gasteiger partial charge in [0.05, 0.1) is 24.6 Å². The van der Waals surface area contributed by atoms with Crippen molar-refractivity contribution < 1.29 is 19.2 Å². The number of thiophene rings is 1. The van der Waals surface area contributed by atoms with Gasteiger partial charge in [0.25, 0.3) is 0 Å². The Morgan fingerprint density at radius 3 is 2.67 bits per heavy atom. The van der Waals surface area contributed by atoms with E-state index in [9.17, 15) is 9.59 Å². The lowest BCUT2D eigenvalue weighted by atomic mass is 9.98. The van der Waals surface area contributed by atoms with E-state index in [0.717, 1.165) is 19.5 Å². The van der Waals surface area contributed by atoms with E-state index in [0.29, 0.717) is 19.7 Å². The number of amides is 2. The average molecular weight is 389 g/mol. The Labute approximate surface area is 163 Å². The Morgan fingerprint density at radius 1 is 1.15 bits per heavy atom. The van der Waals surface area contributed by atoms with Crippen LogP contribution in [0.4, 0.5) is 0 Å². The molecule has 1 aromatic heterocycles. The number of quaternary nitrogens is 1. The smallest absolute Gasteiger partial charge is 0.309 e. The van der Waals surface area contributed by atoms with Gasteiger partial charge >= 0.3 is 11.8 Å². The van der Waals surface area contributed by atoms with Crippen molar-refractivity contribution in [3.05, 3.63) is 57.8 Å². The highest BCUT2D eigenvalue weighted by Crippen LogP contribution is 2.18. The standard InChI is InChI=1S/C20H25N3O3S/c1-26-11-9-21-19(24)20(25)22-13-17(18-7-4-12-27-18)23-10-8-15-5-2-3-6-16(15)14-23/h2-7,12,17H,8-11,13-14H2,1H3,(H,21,24)(H,22,25)/p+1/t17-/m1/s1. The Morgan fingerprint density at radius 2 is 1.93 bits per heavy atom. The number of hydrogen-bond acceptors (Lipinski definition) is 4. The van der Waals surface area contributed by atoms with Crippen molar-refractivity contribution in [3.8, 4) is 0 Å². The molecule has 0 aliphatic carbocycles. The Kier molecular flexibility index (Phi) is 6.98. The molecule has 0 saturated heterocycles. The molecule has 0 fully saturated rings. The zero-order valence-corrected chi connectivity index (χ0v) is 16.3. The van der Waals surface area contributed by atoms with E-state index < -0.39 is 11.8 Å². The van der Waals surface area contributed by atoms with Gasteiger partial charge in [-0.2, -0.15) is 0 Å². The van der Waals surface area contributed by atoms with E-state index in [4.69, 9.17) is 4.74 Å². The molecule has 3 N–H and O–H groups in total. The SMILES string of the molecule is COCCNC(=O)C(=O)NC[C@H](c1cccs1)[NH+]1CCc2ccccc2C1. The largest absolute Gasteiger partial charge is 0.383 e. The molecule has 3 rings (SSSR count). The van der Waals surface area contributed by atoms with Crippen LogP contribution in [0.25, 0.3) is 0 Å². The number of benzene rings is 1. The molecule has 0 bridgehead atoms. The molecular formula is C20H26N3O3S+. The number of methoxy groups -OCH3 is 1. The Bertz CT molecular complexity index is 764. The zero-order valence-electron chi connectivity index (χ0n) is 15.5. The fourth-order valence-corrected chi connectivity index (χ4v) is 4.34. The summed E-state index contributed by atoms with van der Waals surface area (Å²) in [7, 11) is 1.55. The maximum absolute atomic E-state index is 12.1. The highest BCUT2D eigenvalue weighted by molar-refractivity contribution is 7.10. The predicted octanol–water partition coefficient (Wildman–Crippen LogP) is 0.309. The molecular weight excluding hydrogens is 362 g/mol. The van der Waals surface area contributed by atoms with Gasteiger partial charge in [-0.3, -0.25) is 9.59 Å². The van der Waals surface area contributed by atoms with E-state index >= 15 is 0 Å². The van der Waals surface area contributed by atoms with Crippen molar-refractivity contribution in [2.75, 3.05) is 33.4 Å². The summed E-state index contributed by atoms with van der Waals surface area (Å²) in [5.74, 6) is -1.21. The number of ether oxygens (including phenoxy) is 1. The summed E-state index contributed by atoms with van der Waals surface area (Å²) in [5, 5.41) is 7.42. The molecule has 2 heterocycles. The molecule has 7 heteroatoms. The molecule has 0 radical (unpaired) electrons. The van der Waals surface area contributed by atoms with E-state index in [1.807, 2.05) is 6.07 Å². The third-order valence-electron chi connectivity index (χ3n) is 4.90. The molecule has 0 spiro atoms. The average Bonchev–Trinajstić information content (AvgIpc) is 3.22. The summed E-state index contributed by atoms with van der Waals surface area (Å²) >= 11 is 1.69. The van der Waals surface area contributed by atoms with Crippen molar-refractivity contribution in [3.63, 3.8) is 0 Å². The van der Waals surface area contributed by atoms with Crippen molar-refractivity contribution in [1.82, 2.24) is 10.6 Å². The topological polar surface area (TPSA) is 71.9 Å². The molecule has 2 atom stereocenters.